The van der Waals surface area contributed by atoms with E-state index in [0.717, 1.165) is 25.3 Å². The van der Waals surface area contributed by atoms with E-state index in [1.54, 1.807) is 6.20 Å². The molecule has 0 spiro atoms. The first-order chi connectivity index (χ1) is 11.8. The fourth-order valence-electron chi connectivity index (χ4n) is 2.42. The zero-order valence-corrected chi connectivity index (χ0v) is 13.7. The van der Waals surface area contributed by atoms with Gasteiger partial charge in [-0.25, -0.2) is 0 Å². The molecule has 0 atom stereocenters. The SMILES string of the molecule is Cc1ccccc1CNc1cnnc(NCCc2ccccc2)n1. The third-order valence-corrected chi connectivity index (χ3v) is 3.82. The standard InChI is InChI=1S/C19H21N5/c1-15-7-5-6-10-17(15)13-21-18-14-22-24-19(23-18)20-12-11-16-8-3-2-4-9-16/h2-10,14H,11-13H2,1H3,(H2,20,21,23,24). The Kier molecular flexibility index (Phi) is 5.35. The fraction of sp³-hybridized carbons (Fsp3) is 0.211. The number of aryl methyl sites for hydroxylation is 1. The molecule has 0 aliphatic rings. The van der Waals surface area contributed by atoms with Crippen molar-refractivity contribution in [3.05, 3.63) is 77.5 Å². The molecule has 0 aliphatic carbocycles. The Morgan fingerprint density at radius 1 is 0.917 bits per heavy atom. The van der Waals surface area contributed by atoms with Gasteiger partial charge in [-0.2, -0.15) is 10.1 Å². The Morgan fingerprint density at radius 3 is 2.54 bits per heavy atom. The van der Waals surface area contributed by atoms with E-state index in [2.05, 4.69) is 57.0 Å². The van der Waals surface area contributed by atoms with Gasteiger partial charge in [0.25, 0.3) is 0 Å². The van der Waals surface area contributed by atoms with E-state index in [4.69, 9.17) is 0 Å². The first-order valence-corrected chi connectivity index (χ1v) is 8.07. The molecule has 0 saturated heterocycles. The van der Waals surface area contributed by atoms with Gasteiger partial charge in [0.2, 0.25) is 5.95 Å². The molecule has 5 heteroatoms. The van der Waals surface area contributed by atoms with Gasteiger partial charge < -0.3 is 10.6 Å². The maximum atomic E-state index is 4.45. The van der Waals surface area contributed by atoms with Crippen LogP contribution in [0.15, 0.2) is 60.8 Å². The van der Waals surface area contributed by atoms with Gasteiger partial charge in [-0.15, -0.1) is 5.10 Å². The molecule has 0 amide bonds. The minimum absolute atomic E-state index is 0.542. The summed E-state index contributed by atoms with van der Waals surface area (Å²) in [6.45, 7) is 3.59. The lowest BCUT2D eigenvalue weighted by atomic mass is 10.1. The molecule has 0 radical (unpaired) electrons. The second-order valence-corrected chi connectivity index (χ2v) is 5.61. The van der Waals surface area contributed by atoms with E-state index < -0.39 is 0 Å². The van der Waals surface area contributed by atoms with E-state index in [-0.39, 0.29) is 0 Å². The van der Waals surface area contributed by atoms with Crippen LogP contribution in [0.25, 0.3) is 0 Å². The van der Waals surface area contributed by atoms with Crippen LogP contribution in [0, 0.1) is 6.92 Å². The fourth-order valence-corrected chi connectivity index (χ4v) is 2.42. The molecule has 24 heavy (non-hydrogen) atoms. The third kappa shape index (κ3) is 4.52. The molecule has 2 N–H and O–H groups in total. The van der Waals surface area contributed by atoms with Crippen LogP contribution < -0.4 is 10.6 Å². The Labute approximate surface area is 142 Å². The molecule has 3 aromatic rings. The lowest BCUT2D eigenvalue weighted by Crippen LogP contribution is -2.10. The molecule has 1 aromatic heterocycles. The van der Waals surface area contributed by atoms with Gasteiger partial charge >= 0.3 is 0 Å². The number of nitrogens with zero attached hydrogens (tertiary/aromatic N) is 3. The van der Waals surface area contributed by atoms with E-state index in [1.165, 1.54) is 16.7 Å². The van der Waals surface area contributed by atoms with Crippen molar-refractivity contribution < 1.29 is 0 Å². The van der Waals surface area contributed by atoms with Crippen LogP contribution in [-0.2, 0) is 13.0 Å². The molecule has 0 saturated carbocycles. The number of nitrogens with one attached hydrogen (secondary N) is 2. The summed E-state index contributed by atoms with van der Waals surface area (Å²) in [4.78, 5) is 4.45. The zero-order chi connectivity index (χ0) is 16.6. The van der Waals surface area contributed by atoms with E-state index in [0.29, 0.717) is 5.95 Å². The van der Waals surface area contributed by atoms with Crippen LogP contribution in [0.1, 0.15) is 16.7 Å². The molecule has 2 aromatic carbocycles. The van der Waals surface area contributed by atoms with Crippen molar-refractivity contribution in [2.24, 2.45) is 0 Å². The maximum absolute atomic E-state index is 4.45. The van der Waals surface area contributed by atoms with Crippen molar-refractivity contribution >= 4 is 11.8 Å². The molecule has 0 bridgehead atoms. The van der Waals surface area contributed by atoms with E-state index >= 15 is 0 Å². The summed E-state index contributed by atoms with van der Waals surface area (Å²) in [5.41, 5.74) is 3.79. The van der Waals surface area contributed by atoms with Crippen molar-refractivity contribution in [1.82, 2.24) is 15.2 Å². The molecule has 1 heterocycles. The predicted octanol–water partition coefficient (Wildman–Crippen LogP) is 3.45. The average Bonchev–Trinajstić information content (AvgIpc) is 2.62. The molecular weight excluding hydrogens is 298 g/mol. The normalized spacial score (nSPS) is 10.4. The average molecular weight is 319 g/mol. The van der Waals surface area contributed by atoms with Gasteiger partial charge in [-0.3, -0.25) is 0 Å². The van der Waals surface area contributed by atoms with Crippen LogP contribution in [-0.4, -0.2) is 21.7 Å². The number of benzene rings is 2. The van der Waals surface area contributed by atoms with Crippen LogP contribution >= 0.6 is 0 Å². The number of hydrogen-bond acceptors (Lipinski definition) is 5. The van der Waals surface area contributed by atoms with Crippen LogP contribution in [0.5, 0.6) is 0 Å². The van der Waals surface area contributed by atoms with Crippen molar-refractivity contribution in [3.63, 3.8) is 0 Å². The van der Waals surface area contributed by atoms with E-state index in [1.807, 2.05) is 30.3 Å². The number of aromatic nitrogens is 3. The van der Waals surface area contributed by atoms with Gasteiger partial charge in [0.05, 0.1) is 6.20 Å². The van der Waals surface area contributed by atoms with Crippen molar-refractivity contribution in [3.8, 4) is 0 Å². The monoisotopic (exact) mass is 319 g/mol. The number of rotatable bonds is 7. The highest BCUT2D eigenvalue weighted by molar-refractivity contribution is 5.39. The minimum Gasteiger partial charge on any atom is -0.365 e. The van der Waals surface area contributed by atoms with Crippen molar-refractivity contribution in [2.75, 3.05) is 17.2 Å². The Bertz CT molecular complexity index is 773. The van der Waals surface area contributed by atoms with Gasteiger partial charge in [-0.05, 0) is 30.0 Å². The summed E-state index contributed by atoms with van der Waals surface area (Å²) in [6, 6.07) is 18.6. The smallest absolute Gasteiger partial charge is 0.244 e. The highest BCUT2D eigenvalue weighted by Crippen LogP contribution is 2.10. The lowest BCUT2D eigenvalue weighted by molar-refractivity contribution is 0.920. The molecule has 0 fully saturated rings. The highest BCUT2D eigenvalue weighted by atomic mass is 15.3. The van der Waals surface area contributed by atoms with Crippen molar-refractivity contribution in [1.29, 1.82) is 0 Å². The molecule has 3 rings (SSSR count). The molecule has 122 valence electrons. The quantitative estimate of drug-likeness (QED) is 0.698. The van der Waals surface area contributed by atoms with Crippen LogP contribution in [0.3, 0.4) is 0 Å². The van der Waals surface area contributed by atoms with Crippen LogP contribution in [0.2, 0.25) is 0 Å². The van der Waals surface area contributed by atoms with E-state index in [9.17, 15) is 0 Å². The molecule has 5 nitrogen and oxygen atoms in total. The largest absolute Gasteiger partial charge is 0.365 e. The second kappa shape index (κ2) is 8.06. The second-order valence-electron chi connectivity index (χ2n) is 5.61. The third-order valence-electron chi connectivity index (χ3n) is 3.82. The Balaban J connectivity index is 1.53. The van der Waals surface area contributed by atoms with Crippen LogP contribution in [0.4, 0.5) is 11.8 Å². The van der Waals surface area contributed by atoms with Gasteiger partial charge in [-0.1, -0.05) is 54.6 Å². The molecular formula is C19H21N5. The minimum atomic E-state index is 0.542. The summed E-state index contributed by atoms with van der Waals surface area (Å²) in [6.07, 6.45) is 2.56. The Morgan fingerprint density at radius 2 is 1.71 bits per heavy atom. The van der Waals surface area contributed by atoms with Crippen molar-refractivity contribution in [2.45, 2.75) is 19.9 Å². The zero-order valence-electron chi connectivity index (χ0n) is 13.7. The maximum Gasteiger partial charge on any atom is 0.244 e. The Hall–Kier alpha value is -2.95. The predicted molar refractivity (Wildman–Crippen MR) is 97.0 cm³/mol. The van der Waals surface area contributed by atoms with Gasteiger partial charge in [0.1, 0.15) is 0 Å². The summed E-state index contributed by atoms with van der Waals surface area (Å²) in [7, 11) is 0. The summed E-state index contributed by atoms with van der Waals surface area (Å²) >= 11 is 0. The first-order valence-electron chi connectivity index (χ1n) is 8.07. The number of anilines is 2. The molecule has 0 unspecified atom stereocenters. The van der Waals surface area contributed by atoms with Gasteiger partial charge in [0.15, 0.2) is 5.82 Å². The summed E-state index contributed by atoms with van der Waals surface area (Å²) in [5, 5.41) is 14.6. The summed E-state index contributed by atoms with van der Waals surface area (Å²) < 4.78 is 0. The summed E-state index contributed by atoms with van der Waals surface area (Å²) in [5.74, 6) is 1.26. The van der Waals surface area contributed by atoms with Gasteiger partial charge in [0, 0.05) is 13.1 Å². The topological polar surface area (TPSA) is 62.7 Å². The first kappa shape index (κ1) is 15.9. The highest BCUT2D eigenvalue weighted by Gasteiger charge is 2.02. The number of hydrogen-bond donors (Lipinski definition) is 2. The lowest BCUT2D eigenvalue weighted by Gasteiger charge is -2.09. The molecule has 0 aliphatic heterocycles.